The van der Waals surface area contributed by atoms with Crippen LogP contribution in [0.4, 0.5) is 5.69 Å². The first kappa shape index (κ1) is 22.2. The lowest BCUT2D eigenvalue weighted by molar-refractivity contribution is 0.544. The summed E-state index contributed by atoms with van der Waals surface area (Å²) in [6.45, 7) is 6.84. The summed E-state index contributed by atoms with van der Waals surface area (Å²) in [5, 5.41) is 13.9. The monoisotopic (exact) mass is 476 g/mol. The van der Waals surface area contributed by atoms with Crippen LogP contribution >= 0.6 is 0 Å². The SMILES string of the molecule is Cc1cc(C)c2cc([C@@H](c3nnnn3Cc3ccccc3)N3c4ccccc4C[C@@H]3C)c(=O)[nH]c2c1. The van der Waals surface area contributed by atoms with Gasteiger partial charge in [-0.25, -0.2) is 4.68 Å². The molecule has 36 heavy (non-hydrogen) atoms. The Balaban J connectivity index is 1.57. The number of hydrogen-bond acceptors (Lipinski definition) is 5. The molecule has 2 aromatic heterocycles. The second kappa shape index (κ2) is 8.75. The molecule has 2 atom stereocenters. The lowest BCUT2D eigenvalue weighted by atomic mass is 9.99. The summed E-state index contributed by atoms with van der Waals surface area (Å²) in [6, 6.07) is 24.4. The lowest BCUT2D eigenvalue weighted by Crippen LogP contribution is -2.39. The summed E-state index contributed by atoms with van der Waals surface area (Å²) in [7, 11) is 0. The normalized spacial score (nSPS) is 15.9. The third-order valence-electron chi connectivity index (χ3n) is 7.15. The van der Waals surface area contributed by atoms with Gasteiger partial charge in [-0.3, -0.25) is 4.79 Å². The molecule has 0 radical (unpaired) electrons. The van der Waals surface area contributed by atoms with Gasteiger partial charge in [0.15, 0.2) is 5.82 Å². The van der Waals surface area contributed by atoms with E-state index in [-0.39, 0.29) is 11.6 Å². The highest BCUT2D eigenvalue weighted by Crippen LogP contribution is 2.40. The molecule has 0 unspecified atom stereocenters. The maximum Gasteiger partial charge on any atom is 0.254 e. The molecule has 1 aliphatic rings. The third-order valence-corrected chi connectivity index (χ3v) is 7.15. The molecule has 0 bridgehead atoms. The van der Waals surface area contributed by atoms with Crippen LogP contribution in [0, 0.1) is 13.8 Å². The van der Waals surface area contributed by atoms with Gasteiger partial charge in [0.1, 0.15) is 6.04 Å². The van der Waals surface area contributed by atoms with Crippen molar-refractivity contribution in [1.82, 2.24) is 25.2 Å². The van der Waals surface area contributed by atoms with Gasteiger partial charge in [-0.2, -0.15) is 0 Å². The zero-order valence-corrected chi connectivity index (χ0v) is 20.6. The summed E-state index contributed by atoms with van der Waals surface area (Å²) in [4.78, 5) is 19.1. The minimum atomic E-state index is -0.448. The lowest BCUT2D eigenvalue weighted by Gasteiger charge is -2.33. The van der Waals surface area contributed by atoms with E-state index in [0.29, 0.717) is 17.9 Å². The van der Waals surface area contributed by atoms with Gasteiger partial charge in [-0.1, -0.05) is 54.6 Å². The number of fused-ring (bicyclic) bond motifs is 2. The van der Waals surface area contributed by atoms with E-state index >= 15 is 0 Å². The molecule has 0 fully saturated rings. The van der Waals surface area contributed by atoms with Crippen molar-refractivity contribution in [3.8, 4) is 0 Å². The van der Waals surface area contributed by atoms with Crippen LogP contribution in [0.2, 0.25) is 0 Å². The summed E-state index contributed by atoms with van der Waals surface area (Å²) >= 11 is 0. The van der Waals surface area contributed by atoms with Crippen LogP contribution in [-0.4, -0.2) is 31.2 Å². The van der Waals surface area contributed by atoms with E-state index in [0.717, 1.165) is 39.7 Å². The Morgan fingerprint density at radius 1 is 1.03 bits per heavy atom. The number of benzene rings is 3. The van der Waals surface area contributed by atoms with Gasteiger partial charge in [-0.15, -0.1) is 5.10 Å². The van der Waals surface area contributed by atoms with Gasteiger partial charge in [-0.05, 0) is 78.1 Å². The first-order valence-corrected chi connectivity index (χ1v) is 12.3. The second-order valence-electron chi connectivity index (χ2n) is 9.77. The minimum Gasteiger partial charge on any atom is -0.354 e. The highest BCUT2D eigenvalue weighted by atomic mass is 16.1. The van der Waals surface area contributed by atoms with Gasteiger partial charge in [0, 0.05) is 28.2 Å². The van der Waals surface area contributed by atoms with E-state index in [9.17, 15) is 4.79 Å². The van der Waals surface area contributed by atoms with E-state index < -0.39 is 6.04 Å². The van der Waals surface area contributed by atoms with Crippen molar-refractivity contribution in [3.05, 3.63) is 117 Å². The number of rotatable bonds is 5. The number of anilines is 1. The molecule has 0 aliphatic carbocycles. The number of hydrogen-bond donors (Lipinski definition) is 1. The minimum absolute atomic E-state index is 0.122. The van der Waals surface area contributed by atoms with Crippen LogP contribution in [0.3, 0.4) is 0 Å². The number of para-hydroxylation sites is 1. The molecule has 1 aliphatic heterocycles. The predicted molar refractivity (Wildman–Crippen MR) is 141 cm³/mol. The van der Waals surface area contributed by atoms with Gasteiger partial charge >= 0.3 is 0 Å². The zero-order valence-electron chi connectivity index (χ0n) is 20.6. The van der Waals surface area contributed by atoms with Crippen molar-refractivity contribution >= 4 is 16.6 Å². The molecular weight excluding hydrogens is 448 g/mol. The van der Waals surface area contributed by atoms with Gasteiger partial charge in [0.05, 0.1) is 6.54 Å². The van der Waals surface area contributed by atoms with E-state index in [2.05, 4.69) is 75.7 Å². The van der Waals surface area contributed by atoms with Crippen molar-refractivity contribution in [2.75, 3.05) is 4.90 Å². The molecule has 180 valence electrons. The number of aromatic nitrogens is 5. The number of H-pyrrole nitrogens is 1. The number of nitrogens with zero attached hydrogens (tertiary/aromatic N) is 5. The van der Waals surface area contributed by atoms with Crippen LogP contribution in [0.15, 0.2) is 77.6 Å². The summed E-state index contributed by atoms with van der Waals surface area (Å²) in [6.07, 6.45) is 0.899. The largest absolute Gasteiger partial charge is 0.354 e. The second-order valence-corrected chi connectivity index (χ2v) is 9.77. The summed E-state index contributed by atoms with van der Waals surface area (Å²) in [5.74, 6) is 0.650. The van der Waals surface area contributed by atoms with E-state index in [1.165, 1.54) is 5.56 Å². The van der Waals surface area contributed by atoms with Crippen molar-refractivity contribution in [3.63, 3.8) is 0 Å². The van der Waals surface area contributed by atoms with Crippen LogP contribution < -0.4 is 10.5 Å². The average Bonchev–Trinajstić information content (AvgIpc) is 3.44. The topological polar surface area (TPSA) is 79.7 Å². The summed E-state index contributed by atoms with van der Waals surface area (Å²) in [5.41, 5.74) is 7.09. The number of tetrazole rings is 1. The molecule has 3 heterocycles. The van der Waals surface area contributed by atoms with Crippen molar-refractivity contribution in [1.29, 1.82) is 0 Å². The molecule has 0 saturated carbocycles. The molecule has 5 aromatic rings. The molecule has 0 amide bonds. The standard InChI is InChI=1S/C29H28N6O/c1-18-13-19(2)23-16-24(29(36)30-25(23)14-18)27(35-20(3)15-22-11-7-8-12-26(22)35)28-31-32-33-34(28)17-21-9-5-4-6-10-21/h4-14,16,20,27H,15,17H2,1-3H3,(H,30,36)/t20-,27-/m0/s1. The maximum absolute atomic E-state index is 13.7. The molecular formula is C29H28N6O. The van der Waals surface area contributed by atoms with Crippen molar-refractivity contribution in [2.24, 2.45) is 0 Å². The fourth-order valence-electron chi connectivity index (χ4n) is 5.57. The fraction of sp³-hybridized carbons (Fsp3) is 0.241. The van der Waals surface area contributed by atoms with E-state index in [1.54, 1.807) is 0 Å². The van der Waals surface area contributed by atoms with Gasteiger partial charge < -0.3 is 9.88 Å². The number of pyridine rings is 1. The molecule has 7 nitrogen and oxygen atoms in total. The Labute approximate surface area is 209 Å². The van der Waals surface area contributed by atoms with Gasteiger partial charge in [0.25, 0.3) is 5.56 Å². The smallest absolute Gasteiger partial charge is 0.254 e. The molecule has 0 spiro atoms. The number of aromatic amines is 1. The molecule has 3 aromatic carbocycles. The summed E-state index contributed by atoms with van der Waals surface area (Å²) < 4.78 is 1.82. The Bertz CT molecular complexity index is 1620. The van der Waals surface area contributed by atoms with E-state index in [1.807, 2.05) is 48.0 Å². The molecule has 6 rings (SSSR count). The Kier molecular flexibility index (Phi) is 5.40. The number of aryl methyl sites for hydroxylation is 2. The van der Waals surface area contributed by atoms with Crippen LogP contribution in [0.1, 0.15) is 46.6 Å². The Hall–Kier alpha value is -4.26. The average molecular weight is 477 g/mol. The molecule has 7 heteroatoms. The van der Waals surface area contributed by atoms with Crippen LogP contribution in [0.5, 0.6) is 0 Å². The third kappa shape index (κ3) is 3.77. The highest BCUT2D eigenvalue weighted by Gasteiger charge is 2.38. The Morgan fingerprint density at radius 2 is 1.81 bits per heavy atom. The first-order chi connectivity index (χ1) is 17.5. The highest BCUT2D eigenvalue weighted by molar-refractivity contribution is 5.83. The fourth-order valence-corrected chi connectivity index (χ4v) is 5.57. The quantitative estimate of drug-likeness (QED) is 0.397. The van der Waals surface area contributed by atoms with Crippen molar-refractivity contribution in [2.45, 2.75) is 45.8 Å². The molecule has 1 N–H and O–H groups in total. The van der Waals surface area contributed by atoms with Crippen LogP contribution in [0.25, 0.3) is 10.9 Å². The van der Waals surface area contributed by atoms with Crippen molar-refractivity contribution < 1.29 is 0 Å². The zero-order chi connectivity index (χ0) is 24.8. The van der Waals surface area contributed by atoms with E-state index in [4.69, 9.17) is 0 Å². The Morgan fingerprint density at radius 3 is 2.64 bits per heavy atom. The van der Waals surface area contributed by atoms with Crippen LogP contribution in [-0.2, 0) is 13.0 Å². The number of nitrogens with one attached hydrogen (secondary N) is 1. The molecule has 0 saturated heterocycles. The predicted octanol–water partition coefficient (Wildman–Crippen LogP) is 4.72. The van der Waals surface area contributed by atoms with Gasteiger partial charge in [0.2, 0.25) is 0 Å². The maximum atomic E-state index is 13.7. The first-order valence-electron chi connectivity index (χ1n) is 12.3.